The van der Waals surface area contributed by atoms with Crippen molar-refractivity contribution in [3.63, 3.8) is 0 Å². The van der Waals surface area contributed by atoms with Gasteiger partial charge in [0.1, 0.15) is 5.75 Å². The van der Waals surface area contributed by atoms with Gasteiger partial charge in [-0.25, -0.2) is 0 Å². The van der Waals surface area contributed by atoms with E-state index in [9.17, 15) is 13.6 Å². The van der Waals surface area contributed by atoms with Crippen LogP contribution in [-0.4, -0.2) is 19.1 Å². The van der Waals surface area contributed by atoms with Gasteiger partial charge in [0.05, 0.1) is 6.42 Å². The number of halogens is 2. The van der Waals surface area contributed by atoms with Gasteiger partial charge in [-0.05, 0) is 48.6 Å². The molecule has 1 amide bonds. The number of benzene rings is 2. The van der Waals surface area contributed by atoms with Crippen molar-refractivity contribution in [2.75, 3.05) is 11.4 Å². The summed E-state index contributed by atoms with van der Waals surface area (Å²) >= 11 is 0. The van der Waals surface area contributed by atoms with Crippen LogP contribution >= 0.6 is 0 Å². The lowest BCUT2D eigenvalue weighted by Gasteiger charge is -2.31. The fourth-order valence-electron chi connectivity index (χ4n) is 3.16. The molecule has 0 atom stereocenters. The smallest absolute Gasteiger partial charge is 0.387 e. The van der Waals surface area contributed by atoms with Crippen LogP contribution in [0.4, 0.5) is 14.5 Å². The maximum absolute atomic E-state index is 12.7. The van der Waals surface area contributed by atoms with E-state index in [1.807, 2.05) is 24.0 Å². The standard InChI is InChI=1S/C19H19F2NO2/c1-13-4-2-5-15-6-3-11-22(18(13)15)17(23)12-14-7-9-16(10-8-14)24-19(20)21/h2,4-5,7-10,19H,3,6,11-12H2,1H3. The molecule has 1 aliphatic rings. The number of hydrogen-bond acceptors (Lipinski definition) is 2. The first-order valence-electron chi connectivity index (χ1n) is 7.97. The van der Waals surface area contributed by atoms with Gasteiger partial charge in [-0.1, -0.05) is 30.3 Å². The Bertz CT molecular complexity index is 729. The van der Waals surface area contributed by atoms with Gasteiger partial charge in [-0.2, -0.15) is 8.78 Å². The van der Waals surface area contributed by atoms with Crippen LogP contribution < -0.4 is 9.64 Å². The summed E-state index contributed by atoms with van der Waals surface area (Å²) in [5, 5.41) is 0. The number of hydrogen-bond donors (Lipinski definition) is 0. The molecule has 0 N–H and O–H groups in total. The predicted octanol–water partition coefficient (Wildman–Crippen LogP) is 4.12. The Balaban J connectivity index is 1.74. The molecule has 0 fully saturated rings. The zero-order chi connectivity index (χ0) is 17.1. The van der Waals surface area contributed by atoms with E-state index in [4.69, 9.17) is 0 Å². The maximum atomic E-state index is 12.7. The number of aryl methyl sites for hydroxylation is 2. The van der Waals surface area contributed by atoms with Crippen molar-refractivity contribution in [2.45, 2.75) is 32.8 Å². The molecule has 1 heterocycles. The Kier molecular flexibility index (Phi) is 4.79. The molecule has 0 aromatic heterocycles. The van der Waals surface area contributed by atoms with Gasteiger partial charge in [-0.15, -0.1) is 0 Å². The Morgan fingerprint density at radius 3 is 2.67 bits per heavy atom. The Morgan fingerprint density at radius 2 is 1.96 bits per heavy atom. The summed E-state index contributed by atoms with van der Waals surface area (Å²) in [6.45, 7) is -0.116. The molecule has 1 aliphatic heterocycles. The summed E-state index contributed by atoms with van der Waals surface area (Å²) in [4.78, 5) is 14.6. The normalized spacial score (nSPS) is 13.8. The minimum atomic E-state index is -2.84. The number of alkyl halides is 2. The van der Waals surface area contributed by atoms with Crippen molar-refractivity contribution < 1.29 is 18.3 Å². The lowest BCUT2D eigenvalue weighted by molar-refractivity contribution is -0.118. The SMILES string of the molecule is Cc1cccc2c1N(C(=O)Cc1ccc(OC(F)F)cc1)CCC2. The molecule has 2 aromatic rings. The summed E-state index contributed by atoms with van der Waals surface area (Å²) in [6.07, 6.45) is 2.17. The second kappa shape index (κ2) is 6.99. The summed E-state index contributed by atoms with van der Waals surface area (Å²) < 4.78 is 28.7. The number of anilines is 1. The van der Waals surface area contributed by atoms with Crippen LogP contribution in [0, 0.1) is 6.92 Å². The molecule has 3 nitrogen and oxygen atoms in total. The molecule has 0 spiro atoms. The van der Waals surface area contributed by atoms with E-state index < -0.39 is 6.61 Å². The van der Waals surface area contributed by atoms with Crippen molar-refractivity contribution in [2.24, 2.45) is 0 Å². The van der Waals surface area contributed by atoms with Crippen molar-refractivity contribution in [1.29, 1.82) is 0 Å². The maximum Gasteiger partial charge on any atom is 0.387 e. The molecule has 5 heteroatoms. The molecule has 24 heavy (non-hydrogen) atoms. The van der Waals surface area contributed by atoms with E-state index in [0.29, 0.717) is 6.54 Å². The average Bonchev–Trinajstić information content (AvgIpc) is 2.56. The molecule has 0 saturated heterocycles. The summed E-state index contributed by atoms with van der Waals surface area (Å²) in [5.41, 5.74) is 4.10. The average molecular weight is 331 g/mol. The van der Waals surface area contributed by atoms with Crippen LogP contribution in [0.15, 0.2) is 42.5 Å². The van der Waals surface area contributed by atoms with Gasteiger partial charge in [-0.3, -0.25) is 4.79 Å². The van der Waals surface area contributed by atoms with E-state index in [1.54, 1.807) is 12.1 Å². The van der Waals surface area contributed by atoms with E-state index in [1.165, 1.54) is 17.7 Å². The molecule has 0 unspecified atom stereocenters. The van der Waals surface area contributed by atoms with Gasteiger partial charge >= 0.3 is 6.61 Å². The topological polar surface area (TPSA) is 29.5 Å². The minimum Gasteiger partial charge on any atom is -0.435 e. The number of para-hydroxylation sites is 1. The second-order valence-corrected chi connectivity index (χ2v) is 5.93. The zero-order valence-electron chi connectivity index (χ0n) is 13.5. The lowest BCUT2D eigenvalue weighted by Crippen LogP contribution is -2.37. The van der Waals surface area contributed by atoms with Crippen LogP contribution in [0.1, 0.15) is 23.1 Å². The number of fused-ring (bicyclic) bond motifs is 1. The summed E-state index contributed by atoms with van der Waals surface area (Å²) in [6, 6.07) is 12.3. The van der Waals surface area contributed by atoms with Gasteiger partial charge < -0.3 is 9.64 Å². The highest BCUT2D eigenvalue weighted by atomic mass is 19.3. The second-order valence-electron chi connectivity index (χ2n) is 5.93. The highest BCUT2D eigenvalue weighted by molar-refractivity contribution is 5.96. The fourth-order valence-corrected chi connectivity index (χ4v) is 3.16. The van der Waals surface area contributed by atoms with Crippen molar-refractivity contribution in [1.82, 2.24) is 0 Å². The largest absolute Gasteiger partial charge is 0.435 e. The molecule has 0 aliphatic carbocycles. The fraction of sp³-hybridized carbons (Fsp3) is 0.316. The van der Waals surface area contributed by atoms with E-state index in [0.717, 1.165) is 29.7 Å². The molecular weight excluding hydrogens is 312 g/mol. The molecule has 126 valence electrons. The molecule has 0 saturated carbocycles. The third-order valence-electron chi connectivity index (χ3n) is 4.22. The minimum absolute atomic E-state index is 0.0211. The number of carbonyl (C=O) groups excluding carboxylic acids is 1. The predicted molar refractivity (Wildman–Crippen MR) is 88.6 cm³/mol. The molecule has 0 bridgehead atoms. The lowest BCUT2D eigenvalue weighted by atomic mass is 9.97. The van der Waals surface area contributed by atoms with Crippen LogP contribution in [0.25, 0.3) is 0 Å². The Labute approximate surface area is 139 Å². The first-order chi connectivity index (χ1) is 11.5. The zero-order valence-corrected chi connectivity index (χ0v) is 13.5. The monoisotopic (exact) mass is 331 g/mol. The first kappa shape index (κ1) is 16.4. The highest BCUT2D eigenvalue weighted by Crippen LogP contribution is 2.31. The van der Waals surface area contributed by atoms with Gasteiger partial charge in [0.25, 0.3) is 0 Å². The Hall–Kier alpha value is -2.43. The van der Waals surface area contributed by atoms with E-state index in [2.05, 4.69) is 10.8 Å². The number of nitrogens with zero attached hydrogens (tertiary/aromatic N) is 1. The quantitative estimate of drug-likeness (QED) is 0.843. The third-order valence-corrected chi connectivity index (χ3v) is 4.22. The number of carbonyl (C=O) groups is 1. The van der Waals surface area contributed by atoms with E-state index in [-0.39, 0.29) is 18.1 Å². The van der Waals surface area contributed by atoms with Crippen LogP contribution in [0.2, 0.25) is 0 Å². The summed E-state index contributed by atoms with van der Waals surface area (Å²) in [5.74, 6) is 0.119. The molecule has 2 aromatic carbocycles. The van der Waals surface area contributed by atoms with E-state index >= 15 is 0 Å². The van der Waals surface area contributed by atoms with Crippen molar-refractivity contribution >= 4 is 11.6 Å². The van der Waals surface area contributed by atoms with Crippen molar-refractivity contribution in [3.8, 4) is 5.75 Å². The molecule has 0 radical (unpaired) electrons. The first-order valence-corrected chi connectivity index (χ1v) is 7.97. The van der Waals surface area contributed by atoms with Gasteiger partial charge in [0, 0.05) is 12.2 Å². The van der Waals surface area contributed by atoms with Gasteiger partial charge in [0.15, 0.2) is 0 Å². The number of amides is 1. The van der Waals surface area contributed by atoms with Gasteiger partial charge in [0.2, 0.25) is 5.91 Å². The third kappa shape index (κ3) is 3.55. The number of rotatable bonds is 4. The summed E-state index contributed by atoms with van der Waals surface area (Å²) in [7, 11) is 0. The van der Waals surface area contributed by atoms with Crippen LogP contribution in [0.5, 0.6) is 5.75 Å². The number of ether oxygens (including phenoxy) is 1. The van der Waals surface area contributed by atoms with Crippen LogP contribution in [-0.2, 0) is 17.6 Å². The Morgan fingerprint density at radius 1 is 1.21 bits per heavy atom. The van der Waals surface area contributed by atoms with Crippen LogP contribution in [0.3, 0.4) is 0 Å². The highest BCUT2D eigenvalue weighted by Gasteiger charge is 2.23. The van der Waals surface area contributed by atoms with Crippen molar-refractivity contribution in [3.05, 3.63) is 59.2 Å². The molecule has 3 rings (SSSR count). The molecular formula is C19H19F2NO2.